The molecule has 3 nitrogen and oxygen atoms in total. The van der Waals surface area contributed by atoms with E-state index in [1.807, 2.05) is 6.07 Å². The number of methoxy groups -OCH3 is 1. The van der Waals surface area contributed by atoms with Gasteiger partial charge in [0.2, 0.25) is 0 Å². The van der Waals surface area contributed by atoms with E-state index in [4.69, 9.17) is 4.74 Å². The number of para-hydroxylation sites is 1. The lowest BCUT2D eigenvalue weighted by Gasteiger charge is -2.17. The van der Waals surface area contributed by atoms with Gasteiger partial charge in [-0.15, -0.1) is 0 Å². The Balaban J connectivity index is 1.47. The Bertz CT molecular complexity index is 417. The molecule has 104 valence electrons. The molecule has 1 aromatic carbocycles. The van der Waals surface area contributed by atoms with Crippen molar-refractivity contribution in [1.82, 2.24) is 10.2 Å². The SMILES string of the molecule is COc1ccccc1CCN1CCC(NC2CC2)C1. The van der Waals surface area contributed by atoms with Crippen LogP contribution >= 0.6 is 0 Å². The highest BCUT2D eigenvalue weighted by Gasteiger charge is 2.28. The van der Waals surface area contributed by atoms with Gasteiger partial charge >= 0.3 is 0 Å². The van der Waals surface area contributed by atoms with Crippen LogP contribution in [-0.2, 0) is 6.42 Å². The third-order valence-corrected chi connectivity index (χ3v) is 4.21. The van der Waals surface area contributed by atoms with Crippen LogP contribution in [0.4, 0.5) is 0 Å². The van der Waals surface area contributed by atoms with Crippen LogP contribution in [0.5, 0.6) is 5.75 Å². The Labute approximate surface area is 115 Å². The molecule has 0 radical (unpaired) electrons. The van der Waals surface area contributed by atoms with Gasteiger partial charge in [-0.25, -0.2) is 0 Å². The van der Waals surface area contributed by atoms with E-state index in [-0.39, 0.29) is 0 Å². The second kappa shape index (κ2) is 5.93. The molecule has 2 aliphatic rings. The van der Waals surface area contributed by atoms with Crippen molar-refractivity contribution in [1.29, 1.82) is 0 Å². The minimum absolute atomic E-state index is 0.727. The van der Waals surface area contributed by atoms with Crippen molar-refractivity contribution in [3.05, 3.63) is 29.8 Å². The summed E-state index contributed by atoms with van der Waals surface area (Å²) < 4.78 is 5.41. The van der Waals surface area contributed by atoms with E-state index in [0.29, 0.717) is 0 Å². The highest BCUT2D eigenvalue weighted by molar-refractivity contribution is 5.33. The van der Waals surface area contributed by atoms with Gasteiger partial charge in [0.05, 0.1) is 7.11 Å². The van der Waals surface area contributed by atoms with Crippen LogP contribution in [0.1, 0.15) is 24.8 Å². The molecule has 3 rings (SSSR count). The molecule has 19 heavy (non-hydrogen) atoms. The number of hydrogen-bond acceptors (Lipinski definition) is 3. The third kappa shape index (κ3) is 3.48. The second-order valence-electron chi connectivity index (χ2n) is 5.79. The van der Waals surface area contributed by atoms with Crippen LogP contribution in [0.25, 0.3) is 0 Å². The summed E-state index contributed by atoms with van der Waals surface area (Å²) >= 11 is 0. The van der Waals surface area contributed by atoms with Crippen LogP contribution in [-0.4, -0.2) is 43.7 Å². The summed E-state index contributed by atoms with van der Waals surface area (Å²) in [6, 6.07) is 9.92. The fourth-order valence-corrected chi connectivity index (χ4v) is 2.94. The van der Waals surface area contributed by atoms with Gasteiger partial charge in [0, 0.05) is 25.2 Å². The minimum atomic E-state index is 0.727. The average molecular weight is 260 g/mol. The molecule has 1 unspecified atom stereocenters. The zero-order chi connectivity index (χ0) is 13.1. The van der Waals surface area contributed by atoms with Gasteiger partial charge < -0.3 is 15.0 Å². The van der Waals surface area contributed by atoms with Crippen LogP contribution in [0.2, 0.25) is 0 Å². The number of nitrogens with zero attached hydrogens (tertiary/aromatic N) is 1. The Morgan fingerprint density at radius 2 is 2.05 bits per heavy atom. The largest absolute Gasteiger partial charge is 0.496 e. The lowest BCUT2D eigenvalue weighted by molar-refractivity contribution is 0.328. The lowest BCUT2D eigenvalue weighted by Crippen LogP contribution is -2.34. The van der Waals surface area contributed by atoms with Crippen molar-refractivity contribution in [2.24, 2.45) is 0 Å². The van der Waals surface area contributed by atoms with Gasteiger partial charge in [-0.2, -0.15) is 0 Å². The van der Waals surface area contributed by atoms with Crippen LogP contribution in [0, 0.1) is 0 Å². The summed E-state index contributed by atoms with van der Waals surface area (Å²) in [6.07, 6.45) is 5.16. The van der Waals surface area contributed by atoms with Crippen molar-refractivity contribution in [2.75, 3.05) is 26.7 Å². The summed E-state index contributed by atoms with van der Waals surface area (Å²) in [4.78, 5) is 2.58. The van der Waals surface area contributed by atoms with Crippen LogP contribution < -0.4 is 10.1 Å². The Morgan fingerprint density at radius 1 is 1.21 bits per heavy atom. The van der Waals surface area contributed by atoms with Crippen molar-refractivity contribution in [3.8, 4) is 5.75 Å². The maximum Gasteiger partial charge on any atom is 0.122 e. The molecule has 0 bridgehead atoms. The van der Waals surface area contributed by atoms with E-state index in [2.05, 4.69) is 28.4 Å². The van der Waals surface area contributed by atoms with Crippen molar-refractivity contribution >= 4 is 0 Å². The zero-order valence-electron chi connectivity index (χ0n) is 11.8. The summed E-state index contributed by atoms with van der Waals surface area (Å²) in [6.45, 7) is 3.59. The molecular formula is C16H24N2O. The van der Waals surface area contributed by atoms with Crippen LogP contribution in [0.15, 0.2) is 24.3 Å². The van der Waals surface area contributed by atoms with Gasteiger partial charge in [0.1, 0.15) is 5.75 Å². The summed E-state index contributed by atoms with van der Waals surface area (Å²) in [5, 5.41) is 3.74. The van der Waals surface area contributed by atoms with Crippen molar-refractivity contribution in [2.45, 2.75) is 37.8 Å². The first-order valence-corrected chi connectivity index (χ1v) is 7.45. The molecule has 1 saturated heterocycles. The van der Waals surface area contributed by atoms with E-state index in [0.717, 1.165) is 30.8 Å². The standard InChI is InChI=1S/C16H24N2O/c1-19-16-5-3-2-4-13(16)8-10-18-11-9-15(12-18)17-14-6-7-14/h2-5,14-15,17H,6-12H2,1H3. The highest BCUT2D eigenvalue weighted by atomic mass is 16.5. The fourth-order valence-electron chi connectivity index (χ4n) is 2.94. The zero-order valence-corrected chi connectivity index (χ0v) is 11.8. The smallest absolute Gasteiger partial charge is 0.122 e. The second-order valence-corrected chi connectivity index (χ2v) is 5.79. The van der Waals surface area contributed by atoms with E-state index in [1.165, 1.54) is 37.9 Å². The normalized spacial score (nSPS) is 23.7. The van der Waals surface area contributed by atoms with E-state index >= 15 is 0 Å². The molecule has 0 aromatic heterocycles. The minimum Gasteiger partial charge on any atom is -0.496 e. The number of nitrogens with one attached hydrogen (secondary N) is 1. The molecule has 3 heteroatoms. The first-order chi connectivity index (χ1) is 9.35. The number of ether oxygens (including phenoxy) is 1. The van der Waals surface area contributed by atoms with Gasteiger partial charge in [0.25, 0.3) is 0 Å². The summed E-state index contributed by atoms with van der Waals surface area (Å²) in [5.41, 5.74) is 1.32. The van der Waals surface area contributed by atoms with Gasteiger partial charge in [-0.3, -0.25) is 0 Å². The molecule has 1 heterocycles. The number of benzene rings is 1. The molecular weight excluding hydrogens is 236 g/mol. The highest BCUT2D eigenvalue weighted by Crippen LogP contribution is 2.23. The lowest BCUT2D eigenvalue weighted by atomic mass is 10.1. The first kappa shape index (κ1) is 12.9. The molecule has 1 aliphatic heterocycles. The summed E-state index contributed by atoms with van der Waals surface area (Å²) in [5.74, 6) is 1.02. The molecule has 1 aromatic rings. The van der Waals surface area contributed by atoms with Gasteiger partial charge in [-0.1, -0.05) is 18.2 Å². The molecule has 1 N–H and O–H groups in total. The molecule has 2 fully saturated rings. The molecule has 1 saturated carbocycles. The van der Waals surface area contributed by atoms with Crippen molar-refractivity contribution in [3.63, 3.8) is 0 Å². The predicted molar refractivity (Wildman–Crippen MR) is 77.7 cm³/mol. The number of rotatable bonds is 6. The molecule has 1 atom stereocenters. The van der Waals surface area contributed by atoms with E-state index in [1.54, 1.807) is 7.11 Å². The van der Waals surface area contributed by atoms with Crippen LogP contribution in [0.3, 0.4) is 0 Å². The molecule has 0 amide bonds. The molecule has 1 aliphatic carbocycles. The third-order valence-electron chi connectivity index (χ3n) is 4.21. The first-order valence-electron chi connectivity index (χ1n) is 7.45. The maximum atomic E-state index is 5.41. The Kier molecular flexibility index (Phi) is 4.04. The quantitative estimate of drug-likeness (QED) is 0.847. The van der Waals surface area contributed by atoms with E-state index in [9.17, 15) is 0 Å². The average Bonchev–Trinajstić information content (AvgIpc) is 3.14. The maximum absolute atomic E-state index is 5.41. The van der Waals surface area contributed by atoms with Crippen molar-refractivity contribution < 1.29 is 4.74 Å². The number of hydrogen-bond donors (Lipinski definition) is 1. The number of likely N-dealkylation sites (tertiary alicyclic amines) is 1. The predicted octanol–water partition coefficient (Wildman–Crippen LogP) is 2.06. The molecule has 0 spiro atoms. The Morgan fingerprint density at radius 3 is 2.84 bits per heavy atom. The Hall–Kier alpha value is -1.06. The van der Waals surface area contributed by atoms with Gasteiger partial charge in [-0.05, 0) is 43.9 Å². The topological polar surface area (TPSA) is 24.5 Å². The fraction of sp³-hybridized carbons (Fsp3) is 0.625. The van der Waals surface area contributed by atoms with Gasteiger partial charge in [0.15, 0.2) is 0 Å². The van der Waals surface area contributed by atoms with E-state index < -0.39 is 0 Å². The summed E-state index contributed by atoms with van der Waals surface area (Å²) in [7, 11) is 1.75. The monoisotopic (exact) mass is 260 g/mol.